The fourth-order valence-electron chi connectivity index (χ4n) is 2.85. The van der Waals surface area contributed by atoms with Gasteiger partial charge in [-0.15, -0.1) is 0 Å². The molecule has 24 heavy (non-hydrogen) atoms. The number of anilines is 1. The van der Waals surface area contributed by atoms with Crippen LogP contribution in [0.1, 0.15) is 25.7 Å². The van der Waals surface area contributed by atoms with E-state index in [9.17, 15) is 0 Å². The predicted molar refractivity (Wildman–Crippen MR) is 95.0 cm³/mol. The van der Waals surface area contributed by atoms with E-state index >= 15 is 0 Å². The SMILES string of the molecule is COc1ccc(NCC(OC)OC)cc1OCCC1CCCCN1. The average molecular weight is 338 g/mol. The molecule has 0 aliphatic carbocycles. The van der Waals surface area contributed by atoms with Crippen LogP contribution in [0.15, 0.2) is 18.2 Å². The summed E-state index contributed by atoms with van der Waals surface area (Å²) in [4.78, 5) is 0. The lowest BCUT2D eigenvalue weighted by Crippen LogP contribution is -2.35. The molecule has 2 rings (SSSR count). The van der Waals surface area contributed by atoms with Gasteiger partial charge in [0.15, 0.2) is 17.8 Å². The van der Waals surface area contributed by atoms with E-state index in [1.165, 1.54) is 19.3 Å². The molecule has 6 heteroatoms. The fourth-order valence-corrected chi connectivity index (χ4v) is 2.85. The van der Waals surface area contributed by atoms with E-state index in [0.29, 0.717) is 19.2 Å². The lowest BCUT2D eigenvalue weighted by atomic mass is 10.0. The molecule has 1 fully saturated rings. The summed E-state index contributed by atoms with van der Waals surface area (Å²) in [6.07, 6.45) is 4.55. The van der Waals surface area contributed by atoms with Crippen LogP contribution in [0.3, 0.4) is 0 Å². The zero-order valence-corrected chi connectivity index (χ0v) is 15.0. The van der Waals surface area contributed by atoms with Crippen molar-refractivity contribution in [1.82, 2.24) is 5.32 Å². The van der Waals surface area contributed by atoms with E-state index in [1.807, 2.05) is 18.2 Å². The molecule has 0 saturated carbocycles. The van der Waals surface area contributed by atoms with Crippen molar-refractivity contribution in [2.24, 2.45) is 0 Å². The second kappa shape index (κ2) is 10.4. The van der Waals surface area contributed by atoms with Gasteiger partial charge in [-0.1, -0.05) is 6.42 Å². The van der Waals surface area contributed by atoms with Crippen LogP contribution in [0.4, 0.5) is 5.69 Å². The van der Waals surface area contributed by atoms with Crippen LogP contribution in [-0.4, -0.2) is 53.4 Å². The minimum Gasteiger partial charge on any atom is -0.493 e. The molecule has 136 valence electrons. The average Bonchev–Trinajstić information content (AvgIpc) is 2.63. The molecule has 1 aromatic carbocycles. The first-order valence-corrected chi connectivity index (χ1v) is 8.60. The molecule has 6 nitrogen and oxygen atoms in total. The van der Waals surface area contributed by atoms with E-state index in [1.54, 1.807) is 21.3 Å². The highest BCUT2D eigenvalue weighted by Gasteiger charge is 2.13. The van der Waals surface area contributed by atoms with Gasteiger partial charge in [-0.05, 0) is 37.9 Å². The molecule has 0 spiro atoms. The van der Waals surface area contributed by atoms with Gasteiger partial charge in [-0.25, -0.2) is 0 Å². The molecule has 1 aliphatic heterocycles. The quantitative estimate of drug-likeness (QED) is 0.640. The number of hydrogen-bond donors (Lipinski definition) is 2. The van der Waals surface area contributed by atoms with E-state index in [-0.39, 0.29) is 6.29 Å². The van der Waals surface area contributed by atoms with Crippen LogP contribution >= 0.6 is 0 Å². The molecule has 1 aromatic rings. The van der Waals surface area contributed by atoms with E-state index in [0.717, 1.165) is 30.2 Å². The number of ether oxygens (including phenoxy) is 4. The summed E-state index contributed by atoms with van der Waals surface area (Å²) in [6.45, 7) is 2.36. The maximum atomic E-state index is 5.96. The maximum Gasteiger partial charge on any atom is 0.173 e. The first-order valence-electron chi connectivity index (χ1n) is 8.60. The standard InChI is InChI=1S/C18H30N2O4/c1-21-16-8-7-15(20-13-18(22-2)23-3)12-17(16)24-11-9-14-6-4-5-10-19-14/h7-8,12,14,18-20H,4-6,9-11,13H2,1-3H3. The van der Waals surface area contributed by atoms with Crippen molar-refractivity contribution in [3.8, 4) is 11.5 Å². The normalized spacial score (nSPS) is 17.8. The summed E-state index contributed by atoms with van der Waals surface area (Å²) >= 11 is 0. The summed E-state index contributed by atoms with van der Waals surface area (Å²) in [6, 6.07) is 6.38. The van der Waals surface area contributed by atoms with Crippen LogP contribution < -0.4 is 20.1 Å². The lowest BCUT2D eigenvalue weighted by Gasteiger charge is -2.23. The molecule has 0 aromatic heterocycles. The summed E-state index contributed by atoms with van der Waals surface area (Å²) in [7, 11) is 4.90. The largest absolute Gasteiger partial charge is 0.493 e. The molecular weight excluding hydrogens is 308 g/mol. The van der Waals surface area contributed by atoms with Crippen LogP contribution in [0, 0.1) is 0 Å². The zero-order chi connectivity index (χ0) is 17.2. The Morgan fingerprint density at radius 1 is 1.17 bits per heavy atom. The van der Waals surface area contributed by atoms with Crippen molar-refractivity contribution in [2.45, 2.75) is 38.0 Å². The minimum atomic E-state index is -0.283. The molecule has 0 amide bonds. The van der Waals surface area contributed by atoms with Crippen molar-refractivity contribution in [1.29, 1.82) is 0 Å². The topological polar surface area (TPSA) is 61.0 Å². The number of rotatable bonds is 10. The van der Waals surface area contributed by atoms with Crippen LogP contribution in [0.5, 0.6) is 11.5 Å². The summed E-state index contributed by atoms with van der Waals surface area (Å²) in [5.41, 5.74) is 0.945. The Bertz CT molecular complexity index is 474. The van der Waals surface area contributed by atoms with Crippen LogP contribution in [0.2, 0.25) is 0 Å². The van der Waals surface area contributed by atoms with Gasteiger partial charge in [0, 0.05) is 32.0 Å². The van der Waals surface area contributed by atoms with Gasteiger partial charge in [0.1, 0.15) is 0 Å². The van der Waals surface area contributed by atoms with Gasteiger partial charge >= 0.3 is 0 Å². The van der Waals surface area contributed by atoms with Crippen LogP contribution in [-0.2, 0) is 9.47 Å². The third kappa shape index (κ3) is 5.85. The number of methoxy groups -OCH3 is 3. The second-order valence-corrected chi connectivity index (χ2v) is 5.93. The smallest absolute Gasteiger partial charge is 0.173 e. The fraction of sp³-hybridized carbons (Fsp3) is 0.667. The van der Waals surface area contributed by atoms with Gasteiger partial charge in [-0.2, -0.15) is 0 Å². The van der Waals surface area contributed by atoms with Crippen LogP contribution in [0.25, 0.3) is 0 Å². The first-order chi connectivity index (χ1) is 11.8. The molecule has 0 radical (unpaired) electrons. The van der Waals surface area contributed by atoms with E-state index in [4.69, 9.17) is 18.9 Å². The summed E-state index contributed by atoms with van der Waals surface area (Å²) in [5, 5.41) is 6.82. The Labute approximate surface area is 144 Å². The van der Waals surface area contributed by atoms with Crippen molar-refractivity contribution in [2.75, 3.05) is 46.3 Å². The highest BCUT2D eigenvalue weighted by atomic mass is 16.7. The van der Waals surface area contributed by atoms with Gasteiger partial charge in [-0.3, -0.25) is 0 Å². The van der Waals surface area contributed by atoms with Crippen molar-refractivity contribution in [3.05, 3.63) is 18.2 Å². The number of nitrogens with one attached hydrogen (secondary N) is 2. The molecule has 1 saturated heterocycles. The number of piperidine rings is 1. The molecule has 0 bridgehead atoms. The Kier molecular flexibility index (Phi) is 8.15. The lowest BCUT2D eigenvalue weighted by molar-refractivity contribution is -0.0914. The molecule has 1 unspecified atom stereocenters. The van der Waals surface area contributed by atoms with Gasteiger partial charge in [0.05, 0.1) is 20.3 Å². The second-order valence-electron chi connectivity index (χ2n) is 5.93. The molecule has 1 aliphatic rings. The van der Waals surface area contributed by atoms with Crippen molar-refractivity contribution < 1.29 is 18.9 Å². The van der Waals surface area contributed by atoms with Gasteiger partial charge in [0.2, 0.25) is 0 Å². The Hall–Kier alpha value is -1.50. The van der Waals surface area contributed by atoms with Gasteiger partial charge in [0.25, 0.3) is 0 Å². The highest BCUT2D eigenvalue weighted by Crippen LogP contribution is 2.30. The molecule has 1 atom stereocenters. The Balaban J connectivity index is 1.87. The van der Waals surface area contributed by atoms with E-state index in [2.05, 4.69) is 10.6 Å². The molecular formula is C18H30N2O4. The Morgan fingerprint density at radius 3 is 2.67 bits per heavy atom. The predicted octanol–water partition coefficient (Wildman–Crippen LogP) is 2.64. The molecule has 2 N–H and O–H groups in total. The Morgan fingerprint density at radius 2 is 2.00 bits per heavy atom. The summed E-state index contributed by atoms with van der Waals surface area (Å²) < 4.78 is 21.7. The maximum absolute atomic E-state index is 5.96. The third-order valence-corrected chi connectivity index (χ3v) is 4.30. The first kappa shape index (κ1) is 18.8. The monoisotopic (exact) mass is 338 g/mol. The van der Waals surface area contributed by atoms with E-state index < -0.39 is 0 Å². The third-order valence-electron chi connectivity index (χ3n) is 4.30. The number of hydrogen-bond acceptors (Lipinski definition) is 6. The van der Waals surface area contributed by atoms with Crippen molar-refractivity contribution in [3.63, 3.8) is 0 Å². The van der Waals surface area contributed by atoms with Crippen molar-refractivity contribution >= 4 is 5.69 Å². The highest BCUT2D eigenvalue weighted by molar-refractivity contribution is 5.54. The van der Waals surface area contributed by atoms with Gasteiger partial charge < -0.3 is 29.6 Å². The zero-order valence-electron chi connectivity index (χ0n) is 15.0. The summed E-state index contributed by atoms with van der Waals surface area (Å²) in [5.74, 6) is 1.50. The minimum absolute atomic E-state index is 0.283. The number of benzene rings is 1. The molecule has 1 heterocycles.